The first-order valence-corrected chi connectivity index (χ1v) is 8.92. The summed E-state index contributed by atoms with van der Waals surface area (Å²) in [7, 11) is 0. The van der Waals surface area contributed by atoms with Crippen LogP contribution in [0.1, 0.15) is 52.7 Å². The molecule has 4 heteroatoms. The molecule has 0 amide bonds. The van der Waals surface area contributed by atoms with Gasteiger partial charge in [0.05, 0.1) is 10.9 Å². The van der Waals surface area contributed by atoms with Crippen LogP contribution >= 0.6 is 0 Å². The summed E-state index contributed by atoms with van der Waals surface area (Å²) in [6, 6.07) is 13.7. The van der Waals surface area contributed by atoms with Crippen molar-refractivity contribution in [3.63, 3.8) is 0 Å². The molecule has 0 unspecified atom stereocenters. The van der Waals surface area contributed by atoms with Gasteiger partial charge in [-0.2, -0.15) is 0 Å². The lowest BCUT2D eigenvalue weighted by Crippen LogP contribution is -2.30. The Morgan fingerprint density at radius 2 is 1.42 bits per heavy atom. The maximum Gasteiger partial charge on any atom is 0.280 e. The van der Waals surface area contributed by atoms with Gasteiger partial charge >= 0.3 is 0 Å². The number of benzene rings is 2. The van der Waals surface area contributed by atoms with Crippen LogP contribution in [-0.2, 0) is 10.8 Å². The van der Waals surface area contributed by atoms with E-state index in [1.165, 1.54) is 11.1 Å². The molecule has 4 nitrogen and oxygen atoms in total. The molecule has 0 radical (unpaired) electrons. The number of nitrogen functional groups attached to an aromatic ring is 1. The summed E-state index contributed by atoms with van der Waals surface area (Å²) in [6.07, 6.45) is 0. The van der Waals surface area contributed by atoms with Crippen molar-refractivity contribution in [1.29, 1.82) is 0 Å². The number of hydrogen-bond acceptors (Lipinski definition) is 3. The Balaban J connectivity index is 2.35. The van der Waals surface area contributed by atoms with E-state index in [9.17, 15) is 4.79 Å². The minimum absolute atomic E-state index is 0.0212. The molecule has 3 aromatic rings. The third-order valence-electron chi connectivity index (χ3n) is 4.73. The fraction of sp³-hybridized carbons (Fsp3) is 0.364. The van der Waals surface area contributed by atoms with Crippen molar-refractivity contribution >= 4 is 10.9 Å². The van der Waals surface area contributed by atoms with Gasteiger partial charge in [-0.15, -0.1) is 0 Å². The summed E-state index contributed by atoms with van der Waals surface area (Å²) in [5.41, 5.74) is 3.65. The van der Waals surface area contributed by atoms with Crippen LogP contribution < -0.4 is 11.4 Å². The van der Waals surface area contributed by atoms with Crippen molar-refractivity contribution in [2.24, 2.45) is 0 Å². The van der Waals surface area contributed by atoms with Crippen molar-refractivity contribution < 1.29 is 0 Å². The highest BCUT2D eigenvalue weighted by atomic mass is 16.1. The Morgan fingerprint density at radius 3 is 1.96 bits per heavy atom. The Hall–Kier alpha value is -2.62. The number of fused-ring (bicyclic) bond motifs is 1. The monoisotopic (exact) mass is 349 g/mol. The summed E-state index contributed by atoms with van der Waals surface area (Å²) < 4.78 is 1.16. The van der Waals surface area contributed by atoms with Gasteiger partial charge in [0, 0.05) is 5.56 Å². The van der Waals surface area contributed by atoms with Crippen LogP contribution in [0.15, 0.2) is 47.3 Å². The smallest absolute Gasteiger partial charge is 0.280 e. The Bertz CT molecular complexity index is 1000. The van der Waals surface area contributed by atoms with Gasteiger partial charge < -0.3 is 5.84 Å². The topological polar surface area (TPSA) is 60.9 Å². The van der Waals surface area contributed by atoms with E-state index in [0.29, 0.717) is 16.7 Å². The zero-order valence-electron chi connectivity index (χ0n) is 16.4. The fourth-order valence-corrected chi connectivity index (χ4v) is 2.97. The second-order valence-electron chi connectivity index (χ2n) is 8.93. The van der Waals surface area contributed by atoms with Crippen molar-refractivity contribution in [2.45, 2.75) is 52.4 Å². The zero-order valence-corrected chi connectivity index (χ0v) is 16.4. The van der Waals surface area contributed by atoms with Gasteiger partial charge in [-0.3, -0.25) is 4.79 Å². The molecule has 0 aliphatic heterocycles. The minimum atomic E-state index is -0.232. The van der Waals surface area contributed by atoms with Crippen LogP contribution in [0.5, 0.6) is 0 Å². The third kappa shape index (κ3) is 3.24. The number of nitrogens with two attached hydrogens (primary N) is 1. The van der Waals surface area contributed by atoms with Crippen molar-refractivity contribution in [1.82, 2.24) is 9.66 Å². The lowest BCUT2D eigenvalue weighted by Gasteiger charge is -2.26. The number of para-hydroxylation sites is 1. The molecule has 0 fully saturated rings. The SMILES string of the molecule is CC(C)(C)c1cc(-c2nc3ccccc3c(=O)n2N)cc(C(C)(C)C)c1. The molecule has 2 N–H and O–H groups in total. The second kappa shape index (κ2) is 5.97. The molecule has 136 valence electrons. The molecule has 0 aliphatic carbocycles. The van der Waals surface area contributed by atoms with Crippen LogP contribution in [0.4, 0.5) is 0 Å². The van der Waals surface area contributed by atoms with Gasteiger partial charge in [0.25, 0.3) is 5.56 Å². The van der Waals surface area contributed by atoms with E-state index in [0.717, 1.165) is 10.2 Å². The lowest BCUT2D eigenvalue weighted by molar-refractivity contribution is 0.569. The standard InChI is InChI=1S/C22H27N3O/c1-21(2,3)15-11-14(12-16(13-15)22(4,5)6)19-24-18-10-8-7-9-17(18)20(26)25(19)23/h7-13H,23H2,1-6H3. The van der Waals surface area contributed by atoms with Crippen LogP contribution in [0.3, 0.4) is 0 Å². The first-order valence-electron chi connectivity index (χ1n) is 8.92. The molecule has 0 saturated carbocycles. The van der Waals surface area contributed by atoms with E-state index in [2.05, 4.69) is 59.7 Å². The minimum Gasteiger partial charge on any atom is -0.334 e. The molecule has 0 spiro atoms. The molecule has 0 atom stereocenters. The third-order valence-corrected chi connectivity index (χ3v) is 4.73. The molecule has 3 rings (SSSR count). The van der Waals surface area contributed by atoms with Crippen LogP contribution in [-0.4, -0.2) is 9.66 Å². The molecule has 1 heterocycles. The van der Waals surface area contributed by atoms with E-state index in [4.69, 9.17) is 10.8 Å². The first kappa shape index (κ1) is 18.2. The van der Waals surface area contributed by atoms with E-state index >= 15 is 0 Å². The van der Waals surface area contributed by atoms with Gasteiger partial charge in [0.2, 0.25) is 0 Å². The Labute approximate surface area is 154 Å². The van der Waals surface area contributed by atoms with E-state index in [1.54, 1.807) is 6.07 Å². The lowest BCUT2D eigenvalue weighted by atomic mass is 9.79. The number of nitrogens with zero attached hydrogens (tertiary/aromatic N) is 2. The van der Waals surface area contributed by atoms with Gasteiger partial charge in [-0.05, 0) is 46.2 Å². The zero-order chi connectivity index (χ0) is 19.3. The molecular weight excluding hydrogens is 322 g/mol. The van der Waals surface area contributed by atoms with E-state index in [1.807, 2.05) is 18.2 Å². The first-order chi connectivity index (χ1) is 12.0. The molecule has 0 aliphatic rings. The molecule has 1 aromatic heterocycles. The van der Waals surface area contributed by atoms with E-state index < -0.39 is 0 Å². The quantitative estimate of drug-likeness (QED) is 0.664. The normalized spacial score (nSPS) is 12.5. The van der Waals surface area contributed by atoms with Crippen molar-refractivity contribution in [2.75, 3.05) is 5.84 Å². The average molecular weight is 349 g/mol. The molecular formula is C22H27N3O. The van der Waals surface area contributed by atoms with Gasteiger partial charge in [-0.25, -0.2) is 9.66 Å². The summed E-state index contributed by atoms with van der Waals surface area (Å²) in [4.78, 5) is 17.4. The van der Waals surface area contributed by atoms with Crippen molar-refractivity contribution in [3.8, 4) is 11.4 Å². The number of hydrogen-bond donors (Lipinski definition) is 1. The van der Waals surface area contributed by atoms with Crippen molar-refractivity contribution in [3.05, 3.63) is 63.9 Å². The highest BCUT2D eigenvalue weighted by Crippen LogP contribution is 2.33. The molecule has 0 bridgehead atoms. The van der Waals surface area contributed by atoms with Gasteiger partial charge in [0.1, 0.15) is 0 Å². The highest BCUT2D eigenvalue weighted by Gasteiger charge is 2.22. The largest absolute Gasteiger partial charge is 0.334 e. The maximum absolute atomic E-state index is 12.7. The Kier molecular flexibility index (Phi) is 4.18. The van der Waals surface area contributed by atoms with Gasteiger partial charge in [-0.1, -0.05) is 59.7 Å². The van der Waals surface area contributed by atoms with Crippen LogP contribution in [0.25, 0.3) is 22.3 Å². The van der Waals surface area contributed by atoms with Crippen LogP contribution in [0, 0.1) is 0 Å². The number of aromatic nitrogens is 2. The van der Waals surface area contributed by atoms with Crippen LogP contribution in [0.2, 0.25) is 0 Å². The Morgan fingerprint density at radius 1 is 0.885 bits per heavy atom. The predicted molar refractivity (Wildman–Crippen MR) is 109 cm³/mol. The summed E-state index contributed by atoms with van der Waals surface area (Å²) in [6.45, 7) is 13.1. The second-order valence-corrected chi connectivity index (χ2v) is 8.93. The fourth-order valence-electron chi connectivity index (χ4n) is 2.97. The summed E-state index contributed by atoms with van der Waals surface area (Å²) >= 11 is 0. The molecule has 0 saturated heterocycles. The highest BCUT2D eigenvalue weighted by molar-refractivity contribution is 5.79. The molecule has 2 aromatic carbocycles. The molecule has 26 heavy (non-hydrogen) atoms. The maximum atomic E-state index is 12.7. The average Bonchev–Trinajstić information content (AvgIpc) is 2.56. The summed E-state index contributed by atoms with van der Waals surface area (Å²) in [5.74, 6) is 6.63. The van der Waals surface area contributed by atoms with Gasteiger partial charge in [0.15, 0.2) is 5.82 Å². The van der Waals surface area contributed by atoms with E-state index in [-0.39, 0.29) is 16.4 Å². The number of rotatable bonds is 1. The predicted octanol–water partition coefficient (Wildman–Crippen LogP) is 4.37. The summed E-state index contributed by atoms with van der Waals surface area (Å²) in [5, 5.41) is 0.529.